The summed E-state index contributed by atoms with van der Waals surface area (Å²) >= 11 is 0. The molecule has 0 saturated carbocycles. The van der Waals surface area contributed by atoms with Gasteiger partial charge >= 0.3 is 0 Å². The minimum absolute atomic E-state index is 0.105. The van der Waals surface area contributed by atoms with Crippen LogP contribution < -0.4 is 5.32 Å². The molecule has 0 spiro atoms. The Morgan fingerprint density at radius 3 is 2.43 bits per heavy atom. The van der Waals surface area contributed by atoms with E-state index in [0.29, 0.717) is 11.8 Å². The lowest BCUT2D eigenvalue weighted by molar-refractivity contribution is 0.0651. The molecule has 0 aliphatic heterocycles. The summed E-state index contributed by atoms with van der Waals surface area (Å²) in [7, 11) is 0. The first-order valence-electron chi connectivity index (χ1n) is 6.82. The van der Waals surface area contributed by atoms with Gasteiger partial charge < -0.3 is 20.6 Å². The molecule has 1 amide bonds. The fourth-order valence-corrected chi connectivity index (χ4v) is 2.19. The molecule has 0 atom stereocenters. The number of phenolic OH excluding ortho intramolecular Hbond substituents is 1. The van der Waals surface area contributed by atoms with Crippen molar-refractivity contribution >= 4 is 16.7 Å². The molecule has 4 N–H and O–H groups in total. The van der Waals surface area contributed by atoms with Crippen molar-refractivity contribution in [3.05, 3.63) is 42.0 Å². The van der Waals surface area contributed by atoms with Crippen molar-refractivity contribution in [2.75, 3.05) is 13.2 Å². The molecule has 0 aliphatic rings. The maximum Gasteiger partial charge on any atom is 0.255 e. The molecule has 2 aromatic rings. The summed E-state index contributed by atoms with van der Waals surface area (Å²) in [5.74, 6) is -0.630. The van der Waals surface area contributed by atoms with Crippen molar-refractivity contribution in [2.45, 2.75) is 18.9 Å². The first-order chi connectivity index (χ1) is 10.1. The van der Waals surface area contributed by atoms with Gasteiger partial charge in [0.2, 0.25) is 0 Å². The Bertz CT molecular complexity index is 642. The minimum atomic E-state index is -1.09. The third-order valence-corrected chi connectivity index (χ3v) is 3.81. The first-order valence-corrected chi connectivity index (χ1v) is 6.82. The second kappa shape index (κ2) is 6.11. The van der Waals surface area contributed by atoms with Gasteiger partial charge in [0, 0.05) is 5.39 Å². The number of benzene rings is 2. The van der Waals surface area contributed by atoms with Crippen molar-refractivity contribution in [1.82, 2.24) is 5.32 Å². The zero-order valence-electron chi connectivity index (χ0n) is 11.8. The van der Waals surface area contributed by atoms with E-state index in [1.807, 2.05) is 12.1 Å². The van der Waals surface area contributed by atoms with Crippen LogP contribution in [0, 0.1) is 0 Å². The molecule has 0 bridgehead atoms. The molecule has 0 heterocycles. The van der Waals surface area contributed by atoms with Crippen molar-refractivity contribution in [3.8, 4) is 5.75 Å². The molecule has 0 saturated heterocycles. The highest BCUT2D eigenvalue weighted by molar-refractivity contribution is 6.03. The van der Waals surface area contributed by atoms with Gasteiger partial charge in [0.1, 0.15) is 5.75 Å². The van der Waals surface area contributed by atoms with Crippen molar-refractivity contribution in [1.29, 1.82) is 0 Å². The predicted molar refractivity (Wildman–Crippen MR) is 80.3 cm³/mol. The van der Waals surface area contributed by atoms with Crippen LogP contribution in [0.4, 0.5) is 0 Å². The maximum atomic E-state index is 12.3. The van der Waals surface area contributed by atoms with Crippen LogP contribution in [0.5, 0.6) is 5.75 Å². The molecular formula is C16H19NO4. The summed E-state index contributed by atoms with van der Waals surface area (Å²) in [6.45, 7) is 1.01. The lowest BCUT2D eigenvalue weighted by Crippen LogP contribution is -2.53. The number of carbonyl (C=O) groups is 1. The summed E-state index contributed by atoms with van der Waals surface area (Å²) in [5, 5.41) is 33.0. The lowest BCUT2D eigenvalue weighted by Gasteiger charge is -2.29. The van der Waals surface area contributed by atoms with Crippen molar-refractivity contribution in [2.24, 2.45) is 0 Å². The van der Waals surface area contributed by atoms with E-state index >= 15 is 0 Å². The van der Waals surface area contributed by atoms with Gasteiger partial charge in [-0.05, 0) is 17.9 Å². The van der Waals surface area contributed by atoms with Crippen LogP contribution >= 0.6 is 0 Å². The van der Waals surface area contributed by atoms with Gasteiger partial charge in [-0.15, -0.1) is 0 Å². The normalized spacial score (nSPS) is 11.6. The molecule has 2 rings (SSSR count). The van der Waals surface area contributed by atoms with Gasteiger partial charge in [-0.25, -0.2) is 0 Å². The van der Waals surface area contributed by atoms with Gasteiger partial charge in [0.25, 0.3) is 5.91 Å². The summed E-state index contributed by atoms with van der Waals surface area (Å²) in [6, 6.07) is 10.5. The van der Waals surface area contributed by atoms with Crippen molar-refractivity contribution < 1.29 is 20.1 Å². The highest BCUT2D eigenvalue weighted by Crippen LogP contribution is 2.28. The molecule has 5 heteroatoms. The van der Waals surface area contributed by atoms with E-state index < -0.39 is 11.4 Å². The van der Waals surface area contributed by atoms with Gasteiger partial charge in [0.15, 0.2) is 0 Å². The van der Waals surface area contributed by atoms with Gasteiger partial charge in [-0.3, -0.25) is 4.79 Å². The zero-order valence-corrected chi connectivity index (χ0v) is 11.8. The Balaban J connectivity index is 2.38. The number of fused-ring (bicyclic) bond motifs is 1. The Hall–Kier alpha value is -2.11. The number of hydrogen-bond donors (Lipinski definition) is 4. The Labute approximate surface area is 122 Å². The van der Waals surface area contributed by atoms with E-state index in [-0.39, 0.29) is 24.5 Å². The molecule has 0 aromatic heterocycles. The van der Waals surface area contributed by atoms with Crippen LogP contribution in [0.25, 0.3) is 10.8 Å². The van der Waals surface area contributed by atoms with Gasteiger partial charge in [0.05, 0.1) is 24.3 Å². The van der Waals surface area contributed by atoms with Gasteiger partial charge in [-0.1, -0.05) is 37.3 Å². The molecule has 2 aromatic carbocycles. The summed E-state index contributed by atoms with van der Waals surface area (Å²) in [4.78, 5) is 12.3. The van der Waals surface area contributed by atoms with E-state index in [4.69, 9.17) is 0 Å². The highest BCUT2D eigenvalue weighted by Gasteiger charge is 2.29. The monoisotopic (exact) mass is 289 g/mol. The van der Waals surface area contributed by atoms with Crippen LogP contribution in [-0.4, -0.2) is 40.0 Å². The topological polar surface area (TPSA) is 89.8 Å². The average Bonchev–Trinajstić information content (AvgIpc) is 2.53. The first kappa shape index (κ1) is 15.3. The number of aromatic hydroxyl groups is 1. The predicted octanol–water partition coefficient (Wildman–Crippen LogP) is 1.41. The molecule has 5 nitrogen and oxygen atoms in total. The number of hydrogen-bond acceptors (Lipinski definition) is 4. The second-order valence-electron chi connectivity index (χ2n) is 5.09. The molecule has 0 fully saturated rings. The number of nitrogens with one attached hydrogen (secondary N) is 1. The number of phenols is 1. The number of amides is 1. The quantitative estimate of drug-likeness (QED) is 0.670. The van der Waals surface area contributed by atoms with Crippen LogP contribution in [-0.2, 0) is 0 Å². The van der Waals surface area contributed by atoms with Crippen molar-refractivity contribution in [3.63, 3.8) is 0 Å². The van der Waals surface area contributed by atoms with Crippen LogP contribution in [0.2, 0.25) is 0 Å². The highest BCUT2D eigenvalue weighted by atomic mass is 16.3. The largest absolute Gasteiger partial charge is 0.506 e. The summed E-state index contributed by atoms with van der Waals surface area (Å²) in [5.41, 5.74) is -0.969. The third-order valence-electron chi connectivity index (χ3n) is 3.81. The SMILES string of the molecule is CCC(CO)(CO)NC(=O)c1ccc2ccccc2c1O. The Morgan fingerprint density at radius 1 is 1.14 bits per heavy atom. The van der Waals surface area contributed by atoms with E-state index in [0.717, 1.165) is 5.39 Å². The third kappa shape index (κ3) is 2.84. The number of aliphatic hydroxyl groups is 2. The Morgan fingerprint density at radius 2 is 1.81 bits per heavy atom. The fourth-order valence-electron chi connectivity index (χ4n) is 2.19. The van der Waals surface area contributed by atoms with Gasteiger partial charge in [-0.2, -0.15) is 0 Å². The minimum Gasteiger partial charge on any atom is -0.506 e. The van der Waals surface area contributed by atoms with Crippen LogP contribution in [0.1, 0.15) is 23.7 Å². The number of carbonyl (C=O) groups excluding carboxylic acids is 1. The standard InChI is InChI=1S/C16H19NO4/c1-2-16(9-18,10-19)17-15(21)13-8-7-11-5-3-4-6-12(11)14(13)20/h3-8,18-20H,2,9-10H2,1H3,(H,17,21). The van der Waals surface area contributed by atoms with Crippen LogP contribution in [0.15, 0.2) is 36.4 Å². The molecule has 0 radical (unpaired) electrons. The maximum absolute atomic E-state index is 12.3. The molecule has 0 aliphatic carbocycles. The summed E-state index contributed by atoms with van der Waals surface area (Å²) in [6.07, 6.45) is 0.375. The zero-order chi connectivity index (χ0) is 15.5. The molecule has 112 valence electrons. The molecule has 0 unspecified atom stereocenters. The smallest absolute Gasteiger partial charge is 0.255 e. The van der Waals surface area contributed by atoms with E-state index in [1.165, 1.54) is 6.07 Å². The molecule has 21 heavy (non-hydrogen) atoms. The average molecular weight is 289 g/mol. The number of rotatable bonds is 5. The summed E-state index contributed by atoms with van der Waals surface area (Å²) < 4.78 is 0. The Kier molecular flexibility index (Phi) is 4.45. The van der Waals surface area contributed by atoms with Crippen LogP contribution in [0.3, 0.4) is 0 Å². The number of aliphatic hydroxyl groups excluding tert-OH is 2. The van der Waals surface area contributed by atoms with E-state index in [2.05, 4.69) is 5.32 Å². The fraction of sp³-hybridized carbons (Fsp3) is 0.312. The van der Waals surface area contributed by atoms with E-state index in [1.54, 1.807) is 25.1 Å². The molecular weight excluding hydrogens is 270 g/mol. The lowest BCUT2D eigenvalue weighted by atomic mass is 9.97. The van der Waals surface area contributed by atoms with E-state index in [9.17, 15) is 20.1 Å². The second-order valence-corrected chi connectivity index (χ2v) is 5.09.